The third-order valence-electron chi connectivity index (χ3n) is 4.28. The molecule has 136 valence electrons. The number of hydrogen-bond acceptors (Lipinski definition) is 3. The molecule has 1 aliphatic heterocycles. The predicted octanol–water partition coefficient (Wildman–Crippen LogP) is 4.25. The minimum atomic E-state index is -0.551. The van der Waals surface area contributed by atoms with Crippen LogP contribution in [0.3, 0.4) is 0 Å². The zero-order valence-electron chi connectivity index (χ0n) is 14.2. The Morgan fingerprint density at radius 1 is 1.15 bits per heavy atom. The van der Waals surface area contributed by atoms with Gasteiger partial charge in [0.2, 0.25) is 5.91 Å². The van der Waals surface area contributed by atoms with Crippen LogP contribution in [0.15, 0.2) is 42.5 Å². The summed E-state index contributed by atoms with van der Waals surface area (Å²) in [5.74, 6) is 0.0125. The maximum Gasteiger partial charge on any atom is 0.258 e. The average molecular weight is 393 g/mol. The Morgan fingerprint density at radius 3 is 2.54 bits per heavy atom. The molecule has 0 aromatic heterocycles. The summed E-state index contributed by atoms with van der Waals surface area (Å²) in [5.41, 5.74) is 0.949. The zero-order chi connectivity index (χ0) is 18.7. The first kappa shape index (κ1) is 18.5. The lowest BCUT2D eigenvalue weighted by Crippen LogP contribution is -2.43. The van der Waals surface area contributed by atoms with E-state index in [-0.39, 0.29) is 11.8 Å². The Bertz CT molecular complexity index is 821. The molecule has 2 amide bonds. The van der Waals surface area contributed by atoms with Crippen molar-refractivity contribution in [3.63, 3.8) is 0 Å². The third kappa shape index (κ3) is 3.94. The molecule has 0 radical (unpaired) electrons. The van der Waals surface area contributed by atoms with E-state index >= 15 is 0 Å². The Kier molecular flexibility index (Phi) is 5.69. The van der Waals surface area contributed by atoms with E-state index in [1.165, 1.54) is 7.11 Å². The fourth-order valence-corrected chi connectivity index (χ4v) is 3.64. The molecule has 0 bridgehead atoms. The van der Waals surface area contributed by atoms with Crippen molar-refractivity contribution in [2.75, 3.05) is 19.0 Å². The van der Waals surface area contributed by atoms with E-state index in [1.54, 1.807) is 47.4 Å². The fraction of sp³-hybridized carbons (Fsp3) is 0.263. The Balaban J connectivity index is 1.79. The van der Waals surface area contributed by atoms with E-state index < -0.39 is 6.04 Å². The molecule has 1 fully saturated rings. The number of methoxy groups -OCH3 is 1. The second-order valence-electron chi connectivity index (χ2n) is 6.00. The quantitative estimate of drug-likeness (QED) is 0.845. The first-order valence-electron chi connectivity index (χ1n) is 8.20. The molecular weight excluding hydrogens is 375 g/mol. The number of hydrogen-bond donors (Lipinski definition) is 1. The largest absolute Gasteiger partial charge is 0.496 e. The zero-order valence-corrected chi connectivity index (χ0v) is 15.7. The summed E-state index contributed by atoms with van der Waals surface area (Å²) in [5, 5.41) is 3.66. The molecule has 0 spiro atoms. The fourth-order valence-electron chi connectivity index (χ4n) is 3.11. The van der Waals surface area contributed by atoms with Crippen molar-refractivity contribution in [3.8, 4) is 5.75 Å². The summed E-state index contributed by atoms with van der Waals surface area (Å²) < 4.78 is 5.27. The molecule has 26 heavy (non-hydrogen) atoms. The van der Waals surface area contributed by atoms with Gasteiger partial charge >= 0.3 is 0 Å². The van der Waals surface area contributed by atoms with Gasteiger partial charge in [0.1, 0.15) is 11.8 Å². The van der Waals surface area contributed by atoms with Crippen LogP contribution in [0.1, 0.15) is 23.2 Å². The number of rotatable bonds is 4. The maximum absolute atomic E-state index is 12.9. The summed E-state index contributed by atoms with van der Waals surface area (Å²) >= 11 is 11.9. The molecule has 1 heterocycles. The SMILES string of the molecule is COc1ccccc1C(=O)N1CCCC1C(=O)Nc1cc(Cl)cc(Cl)c1. The number of likely N-dealkylation sites (tertiary alicyclic amines) is 1. The van der Waals surface area contributed by atoms with Gasteiger partial charge in [-0.25, -0.2) is 0 Å². The van der Waals surface area contributed by atoms with Crippen molar-refractivity contribution in [2.45, 2.75) is 18.9 Å². The van der Waals surface area contributed by atoms with Crippen molar-refractivity contribution < 1.29 is 14.3 Å². The standard InChI is InChI=1S/C19H18Cl2N2O3/c1-26-17-7-3-2-5-15(17)19(25)23-8-4-6-16(23)18(24)22-14-10-12(20)9-13(21)11-14/h2-3,5,7,9-11,16H,4,6,8H2,1H3,(H,22,24). The second-order valence-corrected chi connectivity index (χ2v) is 6.88. The number of ether oxygens (including phenoxy) is 1. The number of carbonyl (C=O) groups is 2. The van der Waals surface area contributed by atoms with Crippen molar-refractivity contribution in [3.05, 3.63) is 58.1 Å². The summed E-state index contributed by atoms with van der Waals surface area (Å²) in [6.45, 7) is 0.519. The van der Waals surface area contributed by atoms with Gasteiger partial charge in [-0.15, -0.1) is 0 Å². The predicted molar refractivity (Wildman–Crippen MR) is 102 cm³/mol. The van der Waals surface area contributed by atoms with Crippen molar-refractivity contribution >= 4 is 40.7 Å². The molecule has 1 saturated heterocycles. The lowest BCUT2D eigenvalue weighted by atomic mass is 10.1. The molecule has 0 aliphatic carbocycles. The molecule has 1 atom stereocenters. The van der Waals surface area contributed by atoms with Gasteiger partial charge in [-0.3, -0.25) is 9.59 Å². The minimum Gasteiger partial charge on any atom is -0.496 e. The van der Waals surface area contributed by atoms with Crippen LogP contribution in [0.4, 0.5) is 5.69 Å². The minimum absolute atomic E-state index is 0.218. The van der Waals surface area contributed by atoms with E-state index in [9.17, 15) is 9.59 Å². The highest BCUT2D eigenvalue weighted by molar-refractivity contribution is 6.35. The van der Waals surface area contributed by atoms with Crippen molar-refractivity contribution in [1.82, 2.24) is 4.90 Å². The highest BCUT2D eigenvalue weighted by Gasteiger charge is 2.35. The number of para-hydroxylation sites is 1. The van der Waals surface area contributed by atoms with Crippen LogP contribution < -0.4 is 10.1 Å². The van der Waals surface area contributed by atoms with Gasteiger partial charge in [0.05, 0.1) is 12.7 Å². The Morgan fingerprint density at radius 2 is 1.85 bits per heavy atom. The van der Waals surface area contributed by atoms with Crippen LogP contribution >= 0.6 is 23.2 Å². The van der Waals surface area contributed by atoms with Crippen LogP contribution in [-0.4, -0.2) is 36.4 Å². The Labute approximate surface area is 161 Å². The monoisotopic (exact) mass is 392 g/mol. The summed E-state index contributed by atoms with van der Waals surface area (Å²) in [6, 6.07) is 11.3. The second kappa shape index (κ2) is 7.98. The Hall–Kier alpha value is -2.24. The summed E-state index contributed by atoms with van der Waals surface area (Å²) in [4.78, 5) is 27.2. The van der Waals surface area contributed by atoms with Gasteiger partial charge in [-0.05, 0) is 43.2 Å². The number of anilines is 1. The van der Waals surface area contributed by atoms with Crippen LogP contribution in [0.25, 0.3) is 0 Å². The normalized spacial score (nSPS) is 16.4. The number of nitrogens with one attached hydrogen (secondary N) is 1. The molecule has 7 heteroatoms. The molecule has 1 aliphatic rings. The van der Waals surface area contributed by atoms with E-state index in [2.05, 4.69) is 5.32 Å². The van der Waals surface area contributed by atoms with Crippen LogP contribution in [0, 0.1) is 0 Å². The van der Waals surface area contributed by atoms with Crippen LogP contribution in [-0.2, 0) is 4.79 Å². The average Bonchev–Trinajstić information content (AvgIpc) is 3.10. The smallest absolute Gasteiger partial charge is 0.258 e. The number of benzene rings is 2. The highest BCUT2D eigenvalue weighted by atomic mass is 35.5. The first-order valence-corrected chi connectivity index (χ1v) is 8.96. The van der Waals surface area contributed by atoms with Crippen LogP contribution in [0.2, 0.25) is 10.0 Å². The lowest BCUT2D eigenvalue weighted by molar-refractivity contribution is -0.119. The van der Waals surface area contributed by atoms with Gasteiger partial charge in [0.25, 0.3) is 5.91 Å². The summed E-state index contributed by atoms with van der Waals surface area (Å²) in [6.07, 6.45) is 1.36. The molecule has 2 aromatic carbocycles. The van der Waals surface area contributed by atoms with Crippen molar-refractivity contribution in [1.29, 1.82) is 0 Å². The number of carbonyl (C=O) groups excluding carboxylic acids is 2. The van der Waals surface area contributed by atoms with Crippen LogP contribution in [0.5, 0.6) is 5.75 Å². The molecule has 1 N–H and O–H groups in total. The van der Waals surface area contributed by atoms with E-state index in [0.717, 1.165) is 6.42 Å². The number of halogens is 2. The maximum atomic E-state index is 12.9. The molecule has 0 saturated carbocycles. The van der Waals surface area contributed by atoms with Gasteiger partial charge in [0, 0.05) is 22.3 Å². The highest BCUT2D eigenvalue weighted by Crippen LogP contribution is 2.27. The molecular formula is C19H18Cl2N2O3. The summed E-state index contributed by atoms with van der Waals surface area (Å²) in [7, 11) is 1.52. The van der Waals surface area contributed by atoms with Crippen molar-refractivity contribution in [2.24, 2.45) is 0 Å². The molecule has 3 rings (SSSR count). The van der Waals surface area contributed by atoms with E-state index in [4.69, 9.17) is 27.9 Å². The molecule has 1 unspecified atom stereocenters. The topological polar surface area (TPSA) is 58.6 Å². The van der Waals surface area contributed by atoms with E-state index in [1.807, 2.05) is 0 Å². The first-order chi connectivity index (χ1) is 12.5. The van der Waals surface area contributed by atoms with Gasteiger partial charge in [0.15, 0.2) is 0 Å². The van der Waals surface area contributed by atoms with E-state index in [0.29, 0.717) is 40.0 Å². The third-order valence-corrected chi connectivity index (χ3v) is 4.72. The molecule has 5 nitrogen and oxygen atoms in total. The van der Waals surface area contributed by atoms with Gasteiger partial charge in [-0.1, -0.05) is 35.3 Å². The van der Waals surface area contributed by atoms with Gasteiger partial charge < -0.3 is 15.0 Å². The lowest BCUT2D eigenvalue weighted by Gasteiger charge is -2.24. The van der Waals surface area contributed by atoms with Gasteiger partial charge in [-0.2, -0.15) is 0 Å². The molecule has 2 aromatic rings. The number of nitrogens with zero attached hydrogens (tertiary/aromatic N) is 1. The number of amides is 2.